The van der Waals surface area contributed by atoms with Gasteiger partial charge in [0.15, 0.2) is 0 Å². The van der Waals surface area contributed by atoms with Crippen LogP contribution in [0.25, 0.3) is 0 Å². The molecule has 0 amide bonds. The maximum atomic E-state index is 8.90. The predicted octanol–water partition coefficient (Wildman–Crippen LogP) is 1.13. The van der Waals surface area contributed by atoms with Crippen LogP contribution in [0.4, 0.5) is 0 Å². The van der Waals surface area contributed by atoms with Crippen molar-refractivity contribution in [1.82, 2.24) is 0 Å². The van der Waals surface area contributed by atoms with Gasteiger partial charge in [-0.2, -0.15) is 0 Å². The highest BCUT2D eigenvalue weighted by molar-refractivity contribution is 6.50. The minimum Gasteiger partial charge on any atom is -0.423 e. The van der Waals surface area contributed by atoms with Crippen molar-refractivity contribution in [2.45, 2.75) is 33.1 Å². The molecule has 0 saturated carbocycles. The van der Waals surface area contributed by atoms with Crippen LogP contribution in [-0.4, -0.2) is 17.2 Å². The normalized spacial score (nSPS) is 22.7. The van der Waals surface area contributed by atoms with Gasteiger partial charge in [-0.15, -0.1) is 0 Å². The second-order valence-corrected chi connectivity index (χ2v) is 4.03. The van der Waals surface area contributed by atoms with E-state index >= 15 is 0 Å². The SMILES string of the molecule is CC1(C)CCC=C(B(O)O)C1. The molecule has 1 aliphatic rings. The molecule has 1 rings (SSSR count). The quantitative estimate of drug-likeness (QED) is 0.556. The molecule has 0 aliphatic heterocycles. The van der Waals surface area contributed by atoms with Gasteiger partial charge in [0.1, 0.15) is 0 Å². The summed E-state index contributed by atoms with van der Waals surface area (Å²) in [6.45, 7) is 4.31. The molecule has 0 radical (unpaired) electrons. The molecule has 0 bridgehead atoms. The van der Waals surface area contributed by atoms with E-state index in [1.165, 1.54) is 0 Å². The van der Waals surface area contributed by atoms with Gasteiger partial charge in [0.2, 0.25) is 0 Å². The fourth-order valence-electron chi connectivity index (χ4n) is 1.56. The molecule has 0 aromatic carbocycles. The Morgan fingerprint density at radius 1 is 1.45 bits per heavy atom. The lowest BCUT2D eigenvalue weighted by Crippen LogP contribution is -2.25. The number of allylic oxidation sites excluding steroid dienone is 2. The molecule has 0 aromatic heterocycles. The molecule has 0 aromatic rings. The van der Waals surface area contributed by atoms with Crippen LogP contribution in [-0.2, 0) is 0 Å². The van der Waals surface area contributed by atoms with Crippen molar-refractivity contribution in [1.29, 1.82) is 0 Å². The molecule has 0 spiro atoms. The Bertz CT molecular complexity index is 173. The zero-order chi connectivity index (χ0) is 8.48. The van der Waals surface area contributed by atoms with Crippen LogP contribution in [0.3, 0.4) is 0 Å². The first-order valence-electron chi connectivity index (χ1n) is 4.06. The molecule has 2 nitrogen and oxygen atoms in total. The van der Waals surface area contributed by atoms with E-state index in [1.54, 1.807) is 0 Å². The molecule has 0 fully saturated rings. The van der Waals surface area contributed by atoms with E-state index in [-0.39, 0.29) is 5.41 Å². The third-order valence-electron chi connectivity index (χ3n) is 2.24. The van der Waals surface area contributed by atoms with E-state index in [0.717, 1.165) is 24.7 Å². The average Bonchev–Trinajstić information content (AvgIpc) is 1.85. The lowest BCUT2D eigenvalue weighted by molar-refractivity contribution is 0.314. The van der Waals surface area contributed by atoms with Crippen LogP contribution < -0.4 is 0 Å². The lowest BCUT2D eigenvalue weighted by Gasteiger charge is -2.29. The fraction of sp³-hybridized carbons (Fsp3) is 0.750. The second-order valence-electron chi connectivity index (χ2n) is 4.03. The van der Waals surface area contributed by atoms with Gasteiger partial charge in [0.05, 0.1) is 0 Å². The minimum atomic E-state index is -1.24. The summed E-state index contributed by atoms with van der Waals surface area (Å²) < 4.78 is 0. The Morgan fingerprint density at radius 3 is 2.45 bits per heavy atom. The molecular weight excluding hydrogens is 139 g/mol. The third kappa shape index (κ3) is 2.35. The van der Waals surface area contributed by atoms with E-state index in [0.29, 0.717) is 0 Å². The maximum Gasteiger partial charge on any atom is 0.483 e. The molecule has 0 unspecified atom stereocenters. The molecule has 1 aliphatic carbocycles. The molecule has 0 heterocycles. The topological polar surface area (TPSA) is 40.5 Å². The monoisotopic (exact) mass is 154 g/mol. The van der Waals surface area contributed by atoms with Crippen LogP contribution in [0.5, 0.6) is 0 Å². The van der Waals surface area contributed by atoms with Crippen molar-refractivity contribution in [3.05, 3.63) is 11.5 Å². The van der Waals surface area contributed by atoms with Crippen molar-refractivity contribution in [3.63, 3.8) is 0 Å². The average molecular weight is 154 g/mol. The first-order valence-corrected chi connectivity index (χ1v) is 4.06. The van der Waals surface area contributed by atoms with E-state index in [2.05, 4.69) is 13.8 Å². The first kappa shape index (κ1) is 8.82. The maximum absolute atomic E-state index is 8.90. The largest absolute Gasteiger partial charge is 0.483 e. The first-order chi connectivity index (χ1) is 5.01. The van der Waals surface area contributed by atoms with Crippen LogP contribution in [0, 0.1) is 5.41 Å². The van der Waals surface area contributed by atoms with Gasteiger partial charge in [0, 0.05) is 0 Å². The zero-order valence-corrected chi connectivity index (χ0v) is 7.17. The van der Waals surface area contributed by atoms with Crippen LogP contribution in [0.15, 0.2) is 11.5 Å². The lowest BCUT2D eigenvalue weighted by atomic mass is 9.65. The highest BCUT2D eigenvalue weighted by atomic mass is 16.4. The molecule has 0 atom stereocenters. The third-order valence-corrected chi connectivity index (χ3v) is 2.24. The Balaban J connectivity index is 2.63. The summed E-state index contributed by atoms with van der Waals surface area (Å²) in [4.78, 5) is 0. The summed E-state index contributed by atoms with van der Waals surface area (Å²) in [5.74, 6) is 0. The fourth-order valence-corrected chi connectivity index (χ4v) is 1.56. The van der Waals surface area contributed by atoms with Gasteiger partial charge in [0.25, 0.3) is 0 Å². The molecular formula is C8H15BO2. The van der Waals surface area contributed by atoms with Crippen LogP contribution >= 0.6 is 0 Å². The van der Waals surface area contributed by atoms with Crippen molar-refractivity contribution in [3.8, 4) is 0 Å². The standard InChI is InChI=1S/C8H15BO2/c1-8(2)5-3-4-7(6-8)9(10)11/h4,10-11H,3,5-6H2,1-2H3. The predicted molar refractivity (Wildman–Crippen MR) is 45.9 cm³/mol. The summed E-state index contributed by atoms with van der Waals surface area (Å²) in [6.07, 6.45) is 4.86. The molecule has 3 heteroatoms. The van der Waals surface area contributed by atoms with Crippen LogP contribution in [0.1, 0.15) is 33.1 Å². The number of hydrogen-bond acceptors (Lipinski definition) is 2. The molecule has 2 N–H and O–H groups in total. The Hall–Kier alpha value is -0.275. The van der Waals surface area contributed by atoms with E-state index in [9.17, 15) is 0 Å². The molecule has 11 heavy (non-hydrogen) atoms. The van der Waals surface area contributed by atoms with Crippen molar-refractivity contribution < 1.29 is 10.0 Å². The van der Waals surface area contributed by atoms with Gasteiger partial charge in [-0.3, -0.25) is 0 Å². The van der Waals surface area contributed by atoms with Crippen molar-refractivity contribution >= 4 is 7.12 Å². The smallest absolute Gasteiger partial charge is 0.423 e. The second kappa shape index (κ2) is 2.99. The van der Waals surface area contributed by atoms with E-state index < -0.39 is 7.12 Å². The zero-order valence-electron chi connectivity index (χ0n) is 7.17. The summed E-state index contributed by atoms with van der Waals surface area (Å²) in [5.41, 5.74) is 1.02. The van der Waals surface area contributed by atoms with Crippen molar-refractivity contribution in [2.24, 2.45) is 5.41 Å². The molecule has 62 valence electrons. The highest BCUT2D eigenvalue weighted by Crippen LogP contribution is 2.35. The Kier molecular flexibility index (Phi) is 2.40. The van der Waals surface area contributed by atoms with Gasteiger partial charge in [-0.1, -0.05) is 19.9 Å². The number of hydrogen-bond donors (Lipinski definition) is 2. The summed E-state index contributed by atoms with van der Waals surface area (Å²) >= 11 is 0. The summed E-state index contributed by atoms with van der Waals surface area (Å²) in [6, 6.07) is 0. The van der Waals surface area contributed by atoms with Gasteiger partial charge >= 0.3 is 7.12 Å². The van der Waals surface area contributed by atoms with Gasteiger partial charge in [-0.05, 0) is 30.1 Å². The van der Waals surface area contributed by atoms with Gasteiger partial charge in [-0.25, -0.2) is 0 Å². The highest BCUT2D eigenvalue weighted by Gasteiger charge is 2.27. The Morgan fingerprint density at radius 2 is 2.09 bits per heavy atom. The minimum absolute atomic E-state index is 0.244. The van der Waals surface area contributed by atoms with E-state index in [4.69, 9.17) is 10.0 Å². The summed E-state index contributed by atoms with van der Waals surface area (Å²) in [7, 11) is -1.24. The van der Waals surface area contributed by atoms with Gasteiger partial charge < -0.3 is 10.0 Å². The summed E-state index contributed by atoms with van der Waals surface area (Å²) in [5, 5.41) is 17.8. The molecule has 0 saturated heterocycles. The number of rotatable bonds is 1. The van der Waals surface area contributed by atoms with Crippen molar-refractivity contribution in [2.75, 3.05) is 0 Å². The van der Waals surface area contributed by atoms with Crippen LogP contribution in [0.2, 0.25) is 0 Å². The Labute approximate surface area is 68.1 Å². The van der Waals surface area contributed by atoms with E-state index in [1.807, 2.05) is 6.08 Å².